The van der Waals surface area contributed by atoms with Gasteiger partial charge in [-0.25, -0.2) is 19.6 Å². The van der Waals surface area contributed by atoms with Crippen molar-refractivity contribution in [2.75, 3.05) is 42.7 Å². The maximum absolute atomic E-state index is 14.2. The number of methoxy groups -OCH3 is 6. The molecule has 492 valence electrons. The van der Waals surface area contributed by atoms with Gasteiger partial charge in [-0.2, -0.15) is 0 Å². The van der Waals surface area contributed by atoms with Crippen molar-refractivity contribution in [2.24, 2.45) is 0 Å². The van der Waals surface area contributed by atoms with Crippen LogP contribution in [-0.2, 0) is 92.8 Å². The Bertz CT molecular complexity index is 4310. The van der Waals surface area contributed by atoms with Crippen LogP contribution in [0.2, 0.25) is 0 Å². The number of aromatic amines is 2. The predicted octanol–water partition coefficient (Wildman–Crippen LogP) is 13.1. The standard InChI is InChI=1S/C74H84N8O12.Zn/c1-17-41-35(5)51-29-53-37(7)45(23-25-63(83)89-11)69(79-53)49(27-65(85)91-13)71-67(73(87)93-15)39(9)55(81-71)31-59-43(19-3)47(61(77-59)33-57(41)75-51)21-22-48-44(20-4)60-32-56-40(10)68(74(88)94-16)72(82-56)50(28-66(86)92-14)70-46(24-26-64(84)90-12)38(8)54(80-70)30-52-36(6)42(18-2)58(76-52)34-62(48)78-60;/h21-22,29-34,37-38,45-46H,17-20,23-28H2,1-16H3,(H4,75,76,77,78,79,80,81,82,87,88);/q;+2/p-2/t37-,38-,45-,46-;/m0./s1. The van der Waals surface area contributed by atoms with E-state index in [0.717, 1.165) is 66.8 Å². The number of hydrogen-bond donors (Lipinski definition) is 2. The Morgan fingerprint density at radius 2 is 0.937 bits per heavy atom. The number of aromatic nitrogens is 8. The summed E-state index contributed by atoms with van der Waals surface area (Å²) < 4.78 is 31.8. The number of rotatable bonds is 18. The van der Waals surface area contributed by atoms with Crippen molar-refractivity contribution in [3.8, 4) is 0 Å². The van der Waals surface area contributed by atoms with Gasteiger partial charge in [-0.1, -0.05) is 88.6 Å². The molecule has 4 aliphatic rings. The second kappa shape index (κ2) is 29.3. The van der Waals surface area contributed by atoms with Gasteiger partial charge in [-0.3, -0.25) is 29.1 Å². The fourth-order valence-electron chi connectivity index (χ4n) is 14.0. The molecule has 16 bridgehead atoms. The summed E-state index contributed by atoms with van der Waals surface area (Å²) in [5, 5.41) is 0. The van der Waals surface area contributed by atoms with Gasteiger partial charge >= 0.3 is 55.3 Å². The molecule has 0 amide bonds. The molecule has 10 rings (SSSR count). The molecule has 10 heterocycles. The Morgan fingerprint density at radius 3 is 1.47 bits per heavy atom. The number of nitrogens with zero attached hydrogens (tertiary/aromatic N) is 6. The molecule has 95 heavy (non-hydrogen) atoms. The van der Waals surface area contributed by atoms with Gasteiger partial charge in [0.05, 0.1) is 95.1 Å². The first-order valence-electron chi connectivity index (χ1n) is 32.1. The molecule has 6 aromatic rings. The van der Waals surface area contributed by atoms with Crippen molar-refractivity contribution < 1.29 is 76.7 Å². The van der Waals surface area contributed by atoms with Gasteiger partial charge in [-0.15, -0.1) is 22.1 Å². The third-order valence-electron chi connectivity index (χ3n) is 19.4. The molecule has 0 aliphatic carbocycles. The number of carbonyl (C=O) groups excluding carboxylic acids is 6. The average molecular weight is 1340 g/mol. The summed E-state index contributed by atoms with van der Waals surface area (Å²) in [5.41, 5.74) is 19.4. The molecule has 0 saturated heterocycles. The third-order valence-corrected chi connectivity index (χ3v) is 19.4. The van der Waals surface area contributed by atoms with Gasteiger partial charge in [0.1, 0.15) is 0 Å². The van der Waals surface area contributed by atoms with Crippen LogP contribution < -0.4 is 9.97 Å². The molecular formula is C74H82N8O12Zn. The molecule has 4 aliphatic heterocycles. The van der Waals surface area contributed by atoms with E-state index in [1.54, 1.807) is 6.92 Å². The number of esters is 6. The number of ether oxygens (including phenoxy) is 6. The number of carbonyl (C=O) groups is 6. The topological polar surface area (TPSA) is 269 Å². The molecule has 0 unspecified atom stereocenters. The summed E-state index contributed by atoms with van der Waals surface area (Å²) in [4.78, 5) is 121. The second-order valence-corrected chi connectivity index (χ2v) is 24.3. The van der Waals surface area contributed by atoms with Crippen LogP contribution in [-0.4, -0.2) is 108 Å². The summed E-state index contributed by atoms with van der Waals surface area (Å²) >= 11 is 0. The molecule has 21 heteroatoms. The molecular weight excluding hydrogens is 1260 g/mol. The molecule has 2 N–H and O–H groups in total. The van der Waals surface area contributed by atoms with Crippen LogP contribution >= 0.6 is 0 Å². The van der Waals surface area contributed by atoms with Crippen LogP contribution in [0, 0.1) is 27.7 Å². The SMILES string of the molecule is CCC1=C(/C=C/C2=C(CC)c3cc4[nH]c(c(CC(=O)OC)c5nc(cc6[nH]c(cc2n3)c(CC)c6C)[C@@H](C)[C@@H]5CCC(=O)OC)c(C(=O)OC)c4C)c2cc3[n-]c(cc4nc(c(CC(=O)OC)c5[n-]c(cc1n2)c(C)c5C(=O)OC)[C@@H](CCC(=O)OC)[C@@H]4C)c(C)c3CC.[Zn+2]. The number of allylic oxidation sites excluding steroid dienone is 6. The van der Waals surface area contributed by atoms with Crippen LogP contribution in [0.4, 0.5) is 0 Å². The van der Waals surface area contributed by atoms with E-state index in [-0.39, 0.29) is 85.5 Å². The zero-order chi connectivity index (χ0) is 67.7. The van der Waals surface area contributed by atoms with Crippen LogP contribution in [0.1, 0.15) is 215 Å². The molecule has 0 fully saturated rings. The van der Waals surface area contributed by atoms with Crippen molar-refractivity contribution in [2.45, 2.75) is 157 Å². The zero-order valence-electron chi connectivity index (χ0n) is 57.3. The van der Waals surface area contributed by atoms with Crippen molar-refractivity contribution in [1.29, 1.82) is 0 Å². The second-order valence-electron chi connectivity index (χ2n) is 24.3. The van der Waals surface area contributed by atoms with E-state index in [2.05, 4.69) is 69.7 Å². The van der Waals surface area contributed by atoms with Gasteiger partial charge < -0.3 is 48.4 Å². The maximum atomic E-state index is 14.2. The van der Waals surface area contributed by atoms with Gasteiger partial charge in [0.2, 0.25) is 0 Å². The minimum atomic E-state index is -0.657. The summed E-state index contributed by atoms with van der Waals surface area (Å²) in [6, 6.07) is 11.9. The van der Waals surface area contributed by atoms with E-state index in [4.69, 9.17) is 58.3 Å². The summed E-state index contributed by atoms with van der Waals surface area (Å²) in [6.07, 6.45) is 6.90. The Balaban J connectivity index is 0.0000106. The Morgan fingerprint density at radius 1 is 0.463 bits per heavy atom. The van der Waals surface area contributed by atoms with E-state index >= 15 is 0 Å². The molecule has 0 saturated carbocycles. The summed E-state index contributed by atoms with van der Waals surface area (Å²) in [6.45, 7) is 20.2. The first kappa shape index (κ1) is 70.2. The first-order valence-corrected chi connectivity index (χ1v) is 32.1. The monoisotopic (exact) mass is 1340 g/mol. The van der Waals surface area contributed by atoms with Gasteiger partial charge in [0.15, 0.2) is 0 Å². The number of H-pyrrole nitrogens is 2. The van der Waals surface area contributed by atoms with E-state index in [0.29, 0.717) is 123 Å². The zero-order valence-corrected chi connectivity index (χ0v) is 60.3. The molecule has 4 atom stereocenters. The average Bonchev–Trinajstić information content (AvgIpc) is 1.61. The van der Waals surface area contributed by atoms with Crippen LogP contribution in [0.5, 0.6) is 0 Å². The van der Waals surface area contributed by atoms with Gasteiger partial charge in [0, 0.05) is 92.4 Å². The summed E-state index contributed by atoms with van der Waals surface area (Å²) in [5.74, 6) is -4.46. The van der Waals surface area contributed by atoms with E-state index in [9.17, 15) is 28.8 Å². The molecule has 20 nitrogen and oxygen atoms in total. The Hall–Kier alpha value is -9.10. The first-order chi connectivity index (χ1) is 45.1. The fraction of sp³-hybridized carbons (Fsp3) is 0.405. The normalized spacial score (nSPS) is 16.0. The minimum absolute atomic E-state index is 0. The smallest absolute Gasteiger partial charge is 0.657 e. The quantitative estimate of drug-likeness (QED) is 0.0460. The number of aryl methyl sites for hydroxylation is 6. The van der Waals surface area contributed by atoms with E-state index < -0.39 is 35.8 Å². The Kier molecular flexibility index (Phi) is 21.6. The molecule has 0 radical (unpaired) electrons. The third kappa shape index (κ3) is 13.2. The van der Waals surface area contributed by atoms with Crippen molar-refractivity contribution in [3.63, 3.8) is 0 Å². The molecule has 0 spiro atoms. The fourth-order valence-corrected chi connectivity index (χ4v) is 14.0. The number of fused-ring (bicyclic) bond motifs is 16. The predicted molar refractivity (Wildman–Crippen MR) is 360 cm³/mol. The van der Waals surface area contributed by atoms with Crippen LogP contribution in [0.3, 0.4) is 0 Å². The summed E-state index contributed by atoms with van der Waals surface area (Å²) in [7, 11) is 7.94. The number of nitrogens with one attached hydrogen (secondary N) is 2. The molecule has 0 aromatic carbocycles. The van der Waals surface area contributed by atoms with Crippen LogP contribution in [0.15, 0.2) is 48.6 Å². The van der Waals surface area contributed by atoms with Gasteiger partial charge in [0.25, 0.3) is 0 Å². The van der Waals surface area contributed by atoms with Crippen molar-refractivity contribution in [1.82, 2.24) is 39.9 Å². The van der Waals surface area contributed by atoms with Crippen molar-refractivity contribution in [3.05, 3.63) is 150 Å². The van der Waals surface area contributed by atoms with Crippen LogP contribution in [0.25, 0.3) is 66.4 Å². The largest absolute Gasteiger partial charge is 2.00 e. The Labute approximate surface area is 565 Å². The maximum Gasteiger partial charge on any atom is 2.00 e. The number of hydrogen-bond acceptors (Lipinski definition) is 16. The van der Waals surface area contributed by atoms with Gasteiger partial charge in [-0.05, 0) is 118 Å². The molecule has 6 aromatic heterocycles. The minimum Gasteiger partial charge on any atom is -0.657 e. The van der Waals surface area contributed by atoms with E-state index in [1.807, 2.05) is 51.1 Å². The van der Waals surface area contributed by atoms with Crippen molar-refractivity contribution >= 4 is 102 Å². The van der Waals surface area contributed by atoms with E-state index in [1.165, 1.54) is 42.7 Å².